The highest BCUT2D eigenvalue weighted by molar-refractivity contribution is 6.11. The van der Waals surface area contributed by atoms with E-state index in [2.05, 4.69) is 15.2 Å². The number of nitrogens with one attached hydrogen (secondary N) is 2. The summed E-state index contributed by atoms with van der Waals surface area (Å²) in [6.07, 6.45) is 6.42. The number of para-hydroxylation sites is 1. The van der Waals surface area contributed by atoms with Gasteiger partial charge in [-0.25, -0.2) is 4.79 Å². The van der Waals surface area contributed by atoms with Crippen molar-refractivity contribution < 1.29 is 9.59 Å². The van der Waals surface area contributed by atoms with E-state index in [1.807, 2.05) is 60.8 Å². The number of likely N-dealkylation sites (tertiary alicyclic amines) is 1. The zero-order valence-electron chi connectivity index (χ0n) is 17.6. The minimum Gasteiger partial charge on any atom is -0.361 e. The van der Waals surface area contributed by atoms with Crippen LogP contribution in [0.2, 0.25) is 0 Å². The van der Waals surface area contributed by atoms with Crippen molar-refractivity contribution in [1.82, 2.24) is 20.1 Å². The molecule has 2 fully saturated rings. The van der Waals surface area contributed by atoms with E-state index in [1.165, 1.54) is 24.2 Å². The van der Waals surface area contributed by atoms with E-state index >= 15 is 0 Å². The average molecular weight is 417 g/mol. The first kappa shape index (κ1) is 19.8. The van der Waals surface area contributed by atoms with Gasteiger partial charge in [-0.15, -0.1) is 0 Å². The molecule has 6 nitrogen and oxygen atoms in total. The SMILES string of the molecule is O=C1NC(c2ccccc2)(c2c[nH]c3ccccc23)C(=O)N1CCCN1CCCCC1. The first-order valence-corrected chi connectivity index (χ1v) is 11.2. The number of fused-ring (bicyclic) bond motifs is 1. The molecule has 2 aliphatic rings. The second-order valence-electron chi connectivity index (χ2n) is 8.51. The number of carbonyl (C=O) groups excluding carboxylic acids is 2. The monoisotopic (exact) mass is 416 g/mol. The van der Waals surface area contributed by atoms with Crippen LogP contribution >= 0.6 is 0 Å². The van der Waals surface area contributed by atoms with Crippen LogP contribution in [0.3, 0.4) is 0 Å². The molecule has 3 heterocycles. The Morgan fingerprint density at radius 1 is 0.871 bits per heavy atom. The Labute approximate surface area is 182 Å². The lowest BCUT2D eigenvalue weighted by Crippen LogP contribution is -2.45. The molecule has 1 unspecified atom stereocenters. The Morgan fingerprint density at radius 2 is 1.61 bits per heavy atom. The molecule has 2 N–H and O–H groups in total. The molecule has 0 spiro atoms. The van der Waals surface area contributed by atoms with Gasteiger partial charge in [-0.2, -0.15) is 0 Å². The molecule has 3 aromatic rings. The van der Waals surface area contributed by atoms with Crippen LogP contribution in [0, 0.1) is 0 Å². The highest BCUT2D eigenvalue weighted by Gasteiger charge is 2.54. The lowest BCUT2D eigenvalue weighted by molar-refractivity contribution is -0.130. The summed E-state index contributed by atoms with van der Waals surface area (Å²) in [6.45, 7) is 3.58. The summed E-state index contributed by atoms with van der Waals surface area (Å²) in [6, 6.07) is 17.1. The van der Waals surface area contributed by atoms with Crippen molar-refractivity contribution >= 4 is 22.8 Å². The van der Waals surface area contributed by atoms with Gasteiger partial charge in [0.1, 0.15) is 0 Å². The van der Waals surface area contributed by atoms with Crippen molar-refractivity contribution in [3.8, 4) is 0 Å². The van der Waals surface area contributed by atoms with Crippen LogP contribution in [-0.4, -0.2) is 52.9 Å². The van der Waals surface area contributed by atoms with Crippen LogP contribution in [-0.2, 0) is 10.3 Å². The molecule has 0 bridgehead atoms. The molecule has 160 valence electrons. The van der Waals surface area contributed by atoms with Crippen molar-refractivity contribution in [1.29, 1.82) is 0 Å². The normalized spacial score (nSPS) is 22.3. The van der Waals surface area contributed by atoms with Crippen LogP contribution in [0.25, 0.3) is 10.9 Å². The van der Waals surface area contributed by atoms with Gasteiger partial charge in [-0.1, -0.05) is 55.0 Å². The number of rotatable bonds is 6. The first-order chi connectivity index (χ1) is 15.2. The summed E-state index contributed by atoms with van der Waals surface area (Å²) in [7, 11) is 0. The van der Waals surface area contributed by atoms with Crippen LogP contribution < -0.4 is 5.32 Å². The predicted molar refractivity (Wildman–Crippen MR) is 121 cm³/mol. The summed E-state index contributed by atoms with van der Waals surface area (Å²) in [5, 5.41) is 4.01. The van der Waals surface area contributed by atoms with Gasteiger partial charge in [-0.3, -0.25) is 9.69 Å². The lowest BCUT2D eigenvalue weighted by atomic mass is 9.82. The van der Waals surface area contributed by atoms with Crippen LogP contribution in [0.1, 0.15) is 36.8 Å². The number of carbonyl (C=O) groups is 2. The fraction of sp³-hybridized carbons (Fsp3) is 0.360. The summed E-state index contributed by atoms with van der Waals surface area (Å²) in [5.41, 5.74) is 1.28. The second-order valence-corrected chi connectivity index (χ2v) is 8.51. The number of amides is 3. The van der Waals surface area contributed by atoms with E-state index in [9.17, 15) is 9.59 Å². The van der Waals surface area contributed by atoms with Crippen LogP contribution in [0.15, 0.2) is 60.8 Å². The van der Waals surface area contributed by atoms with Crippen molar-refractivity contribution in [2.75, 3.05) is 26.2 Å². The standard InChI is InChI=1S/C25H28N4O2/c30-23-25(19-10-3-1-4-11-19,21-18-26-22-13-6-5-12-20(21)22)27-24(31)29(23)17-9-16-28-14-7-2-8-15-28/h1,3-6,10-13,18,26H,2,7-9,14-17H2,(H,27,31). The molecule has 2 saturated heterocycles. The van der Waals surface area contributed by atoms with Gasteiger partial charge in [0.15, 0.2) is 5.54 Å². The van der Waals surface area contributed by atoms with E-state index in [1.54, 1.807) is 0 Å². The largest absolute Gasteiger partial charge is 0.361 e. The molecule has 1 aromatic heterocycles. The Bertz CT molecular complexity index is 1090. The van der Waals surface area contributed by atoms with Gasteiger partial charge in [-0.05, 0) is 50.5 Å². The summed E-state index contributed by atoms with van der Waals surface area (Å²) in [4.78, 5) is 34.0. The Kier molecular flexibility index (Phi) is 5.24. The highest BCUT2D eigenvalue weighted by atomic mass is 16.2. The topological polar surface area (TPSA) is 68.4 Å². The number of urea groups is 1. The highest BCUT2D eigenvalue weighted by Crippen LogP contribution is 2.39. The first-order valence-electron chi connectivity index (χ1n) is 11.2. The Balaban J connectivity index is 1.47. The molecule has 31 heavy (non-hydrogen) atoms. The van der Waals surface area contributed by atoms with E-state index in [-0.39, 0.29) is 11.9 Å². The number of aromatic nitrogens is 1. The van der Waals surface area contributed by atoms with Crippen molar-refractivity contribution in [2.45, 2.75) is 31.2 Å². The van der Waals surface area contributed by atoms with Gasteiger partial charge in [0.05, 0.1) is 0 Å². The van der Waals surface area contributed by atoms with Crippen LogP contribution in [0.4, 0.5) is 4.79 Å². The molecule has 0 radical (unpaired) electrons. The fourth-order valence-corrected chi connectivity index (χ4v) is 5.02. The maximum absolute atomic E-state index is 13.9. The number of benzene rings is 2. The average Bonchev–Trinajstić information content (AvgIpc) is 3.35. The smallest absolute Gasteiger partial charge is 0.325 e. The molecule has 6 heteroatoms. The van der Waals surface area contributed by atoms with E-state index in [0.29, 0.717) is 6.54 Å². The Morgan fingerprint density at radius 3 is 2.42 bits per heavy atom. The third-order valence-electron chi connectivity index (χ3n) is 6.61. The number of piperidine rings is 1. The summed E-state index contributed by atoms with van der Waals surface area (Å²) < 4.78 is 0. The number of hydrogen-bond acceptors (Lipinski definition) is 3. The second kappa shape index (κ2) is 8.19. The number of hydrogen-bond donors (Lipinski definition) is 2. The van der Waals surface area contributed by atoms with Gasteiger partial charge < -0.3 is 15.2 Å². The molecule has 2 aromatic carbocycles. The molecule has 0 saturated carbocycles. The minimum atomic E-state index is -1.22. The Hall–Kier alpha value is -3.12. The molecular weight excluding hydrogens is 388 g/mol. The summed E-state index contributed by atoms with van der Waals surface area (Å²) >= 11 is 0. The number of nitrogens with zero attached hydrogens (tertiary/aromatic N) is 2. The molecular formula is C25H28N4O2. The zero-order chi connectivity index (χ0) is 21.3. The number of H-pyrrole nitrogens is 1. The zero-order valence-corrected chi connectivity index (χ0v) is 17.6. The van der Waals surface area contributed by atoms with Crippen molar-refractivity contribution in [3.05, 3.63) is 71.9 Å². The van der Waals surface area contributed by atoms with Gasteiger partial charge in [0.25, 0.3) is 5.91 Å². The third kappa shape index (κ3) is 3.41. The molecule has 2 aliphatic heterocycles. The lowest BCUT2D eigenvalue weighted by Gasteiger charge is -2.28. The quantitative estimate of drug-likeness (QED) is 0.600. The maximum Gasteiger partial charge on any atom is 0.325 e. The summed E-state index contributed by atoms with van der Waals surface area (Å²) in [5.74, 6) is -0.202. The molecule has 5 rings (SSSR count). The third-order valence-corrected chi connectivity index (χ3v) is 6.61. The molecule has 0 aliphatic carbocycles. The van der Waals surface area contributed by atoms with E-state index in [4.69, 9.17) is 0 Å². The van der Waals surface area contributed by atoms with E-state index < -0.39 is 5.54 Å². The number of aromatic amines is 1. The maximum atomic E-state index is 13.9. The van der Waals surface area contributed by atoms with Crippen LogP contribution in [0.5, 0.6) is 0 Å². The molecule has 3 amide bonds. The molecule has 1 atom stereocenters. The van der Waals surface area contributed by atoms with Gasteiger partial charge >= 0.3 is 6.03 Å². The van der Waals surface area contributed by atoms with Crippen molar-refractivity contribution in [3.63, 3.8) is 0 Å². The number of imide groups is 1. The van der Waals surface area contributed by atoms with E-state index in [0.717, 1.165) is 48.1 Å². The minimum absolute atomic E-state index is 0.202. The van der Waals surface area contributed by atoms with Gasteiger partial charge in [0.2, 0.25) is 0 Å². The predicted octanol–water partition coefficient (Wildman–Crippen LogP) is 3.84. The fourth-order valence-electron chi connectivity index (χ4n) is 5.02. The van der Waals surface area contributed by atoms with Crippen molar-refractivity contribution in [2.24, 2.45) is 0 Å². The van der Waals surface area contributed by atoms with Gasteiger partial charge in [0, 0.05) is 29.2 Å².